The highest BCUT2D eigenvalue weighted by molar-refractivity contribution is 7.21. The first kappa shape index (κ1) is 24.0. The number of thiazole rings is 1. The van der Waals surface area contributed by atoms with Crippen molar-refractivity contribution in [2.24, 2.45) is 11.8 Å². The van der Waals surface area contributed by atoms with Crippen molar-refractivity contribution in [3.05, 3.63) is 48.8 Å². The Morgan fingerprint density at radius 2 is 2.06 bits per heavy atom. The first-order chi connectivity index (χ1) is 17.6. The number of ether oxygens (including phenoxy) is 2. The van der Waals surface area contributed by atoms with Crippen LogP contribution in [-0.2, 0) is 9.53 Å². The van der Waals surface area contributed by atoms with E-state index in [1.807, 2.05) is 24.3 Å². The summed E-state index contributed by atoms with van der Waals surface area (Å²) in [5.74, 6) is 0.788. The molecule has 1 aromatic carbocycles. The van der Waals surface area contributed by atoms with Crippen molar-refractivity contribution >= 4 is 45.3 Å². The van der Waals surface area contributed by atoms with Gasteiger partial charge in [-0.3, -0.25) is 0 Å². The fraction of sp³-hybridized carbons (Fsp3) is 0.320. The molecule has 36 heavy (non-hydrogen) atoms. The lowest BCUT2D eigenvalue weighted by atomic mass is 9.97. The van der Waals surface area contributed by atoms with Crippen LogP contribution in [0.3, 0.4) is 0 Å². The van der Waals surface area contributed by atoms with E-state index in [0.29, 0.717) is 24.1 Å². The standard InChI is InChI=1S/C25H26N6O4S/c1-34-21-10-15(7-8-26-21)28-25-27-11-16(24-30-18-5-3-4-6-20(18)36-24)23(31-25)29-19-9-14(12-32)17(13-33)22(19)35-2/h3-8,10-11,13-14,17,19,22,32H,9,12H2,1-2H3,(H2,26,27,28,29,31)/t14-,17+,19+,22-/m0/s1. The van der Waals surface area contributed by atoms with Crippen molar-refractivity contribution in [3.8, 4) is 16.5 Å². The molecule has 0 aliphatic heterocycles. The van der Waals surface area contributed by atoms with Crippen molar-refractivity contribution < 1.29 is 19.4 Å². The van der Waals surface area contributed by atoms with Crippen LogP contribution in [0.15, 0.2) is 48.8 Å². The molecule has 3 N–H and O–H groups in total. The van der Waals surface area contributed by atoms with E-state index in [1.54, 1.807) is 50.1 Å². The third-order valence-electron chi connectivity index (χ3n) is 6.38. The van der Waals surface area contributed by atoms with Gasteiger partial charge < -0.3 is 30.0 Å². The van der Waals surface area contributed by atoms with Crippen LogP contribution in [0.2, 0.25) is 0 Å². The molecule has 0 spiro atoms. The normalized spacial score (nSPS) is 21.4. The summed E-state index contributed by atoms with van der Waals surface area (Å²) in [6, 6.07) is 11.2. The van der Waals surface area contributed by atoms with Gasteiger partial charge in [-0.1, -0.05) is 12.1 Å². The smallest absolute Gasteiger partial charge is 0.229 e. The molecular formula is C25H26N6O4S. The first-order valence-electron chi connectivity index (χ1n) is 11.5. The molecule has 0 amide bonds. The van der Waals surface area contributed by atoms with Crippen LogP contribution in [0.25, 0.3) is 20.8 Å². The number of carbonyl (C=O) groups excluding carboxylic acids is 1. The molecule has 0 bridgehead atoms. The van der Waals surface area contributed by atoms with Crippen molar-refractivity contribution in [1.29, 1.82) is 0 Å². The minimum atomic E-state index is -0.410. The van der Waals surface area contributed by atoms with E-state index in [1.165, 1.54) is 0 Å². The van der Waals surface area contributed by atoms with Crippen molar-refractivity contribution in [3.63, 3.8) is 0 Å². The second kappa shape index (κ2) is 10.5. The number of nitrogens with one attached hydrogen (secondary N) is 2. The largest absolute Gasteiger partial charge is 0.481 e. The quantitative estimate of drug-likeness (QED) is 0.290. The molecule has 5 rings (SSSR count). The van der Waals surface area contributed by atoms with Crippen LogP contribution >= 0.6 is 11.3 Å². The number of methoxy groups -OCH3 is 2. The second-order valence-corrected chi connectivity index (χ2v) is 9.53. The highest BCUT2D eigenvalue weighted by Gasteiger charge is 2.43. The minimum Gasteiger partial charge on any atom is -0.481 e. The highest BCUT2D eigenvalue weighted by Crippen LogP contribution is 2.38. The van der Waals surface area contributed by atoms with Gasteiger partial charge in [-0.25, -0.2) is 15.0 Å². The third kappa shape index (κ3) is 4.72. The fourth-order valence-electron chi connectivity index (χ4n) is 4.60. The molecule has 1 aliphatic rings. The Kier molecular flexibility index (Phi) is 7.03. The van der Waals surface area contributed by atoms with Gasteiger partial charge in [0, 0.05) is 43.8 Å². The number of nitrogens with zero attached hydrogens (tertiary/aromatic N) is 4. The number of hydrogen-bond donors (Lipinski definition) is 3. The highest BCUT2D eigenvalue weighted by atomic mass is 32.1. The van der Waals surface area contributed by atoms with Crippen LogP contribution < -0.4 is 15.4 Å². The number of benzene rings is 1. The summed E-state index contributed by atoms with van der Waals surface area (Å²) in [6.07, 6.45) is 4.39. The van der Waals surface area contributed by atoms with Crippen molar-refractivity contribution in [2.75, 3.05) is 31.5 Å². The lowest BCUT2D eigenvalue weighted by molar-refractivity contribution is -0.116. The summed E-state index contributed by atoms with van der Waals surface area (Å²) in [4.78, 5) is 30.0. The van der Waals surface area contributed by atoms with E-state index in [2.05, 4.69) is 20.6 Å². The van der Waals surface area contributed by atoms with Gasteiger partial charge in [0.25, 0.3) is 0 Å². The molecule has 0 radical (unpaired) electrons. The minimum absolute atomic E-state index is 0.0906. The molecule has 186 valence electrons. The molecule has 1 fully saturated rings. The van der Waals surface area contributed by atoms with Gasteiger partial charge in [-0.15, -0.1) is 11.3 Å². The average Bonchev–Trinajstić information content (AvgIpc) is 3.49. The maximum Gasteiger partial charge on any atom is 0.229 e. The number of hydrogen-bond acceptors (Lipinski definition) is 11. The molecule has 4 aromatic rings. The summed E-state index contributed by atoms with van der Waals surface area (Å²) in [7, 11) is 3.13. The lowest BCUT2D eigenvalue weighted by Gasteiger charge is -2.23. The first-order valence-corrected chi connectivity index (χ1v) is 12.3. The van der Waals surface area contributed by atoms with Crippen LogP contribution in [0.1, 0.15) is 6.42 Å². The monoisotopic (exact) mass is 506 g/mol. The van der Waals surface area contributed by atoms with Gasteiger partial charge in [-0.05, 0) is 30.5 Å². The van der Waals surface area contributed by atoms with Gasteiger partial charge in [0.2, 0.25) is 11.8 Å². The van der Waals surface area contributed by atoms with Crippen molar-refractivity contribution in [1.82, 2.24) is 19.9 Å². The summed E-state index contributed by atoms with van der Waals surface area (Å²) in [5.41, 5.74) is 2.35. The van der Waals surface area contributed by atoms with E-state index >= 15 is 0 Å². The van der Waals surface area contributed by atoms with E-state index in [0.717, 1.165) is 32.8 Å². The zero-order chi connectivity index (χ0) is 25.1. The predicted octanol–water partition coefficient (Wildman–Crippen LogP) is 3.52. The number of fused-ring (bicyclic) bond motifs is 1. The topological polar surface area (TPSA) is 131 Å². The van der Waals surface area contributed by atoms with Gasteiger partial charge in [0.05, 0.1) is 35.0 Å². The number of aldehydes is 1. The SMILES string of the molecule is COc1cc(Nc2ncc(-c3nc4ccccc4s3)c(N[C@@H]3C[C@@H](CO)[C@@H](C=O)[C@@H]3OC)n2)ccn1. The van der Waals surface area contributed by atoms with Crippen molar-refractivity contribution in [2.45, 2.75) is 18.6 Å². The molecule has 3 aromatic heterocycles. The average molecular weight is 507 g/mol. The van der Waals surface area contributed by atoms with Crippen LogP contribution in [0.5, 0.6) is 5.88 Å². The summed E-state index contributed by atoms with van der Waals surface area (Å²) in [5, 5.41) is 17.3. The van der Waals surface area contributed by atoms with Crippen LogP contribution in [0, 0.1) is 11.8 Å². The number of rotatable bonds is 9. The number of pyridine rings is 1. The Morgan fingerprint density at radius 1 is 1.19 bits per heavy atom. The van der Waals surface area contributed by atoms with E-state index in [-0.39, 0.29) is 18.6 Å². The number of aliphatic hydroxyl groups excluding tert-OH is 1. The number of carbonyl (C=O) groups is 1. The molecule has 11 heteroatoms. The number of anilines is 3. The van der Waals surface area contributed by atoms with Gasteiger partial charge in [0.15, 0.2) is 0 Å². The van der Waals surface area contributed by atoms with E-state index in [4.69, 9.17) is 19.4 Å². The lowest BCUT2D eigenvalue weighted by Crippen LogP contribution is -2.35. The Morgan fingerprint density at radius 3 is 2.81 bits per heavy atom. The Hall–Kier alpha value is -3.67. The Balaban J connectivity index is 1.52. The molecule has 1 saturated carbocycles. The van der Waals surface area contributed by atoms with E-state index in [9.17, 15) is 9.90 Å². The number of aliphatic hydroxyl groups is 1. The van der Waals surface area contributed by atoms with Gasteiger partial charge >= 0.3 is 0 Å². The molecule has 10 nitrogen and oxygen atoms in total. The van der Waals surface area contributed by atoms with Gasteiger partial charge in [0.1, 0.15) is 17.1 Å². The summed E-state index contributed by atoms with van der Waals surface area (Å²) in [6.45, 7) is -0.0906. The molecule has 4 atom stereocenters. The van der Waals surface area contributed by atoms with Gasteiger partial charge in [-0.2, -0.15) is 4.98 Å². The Bertz CT molecular complexity index is 1330. The fourth-order valence-corrected chi connectivity index (χ4v) is 5.58. The maximum atomic E-state index is 11.8. The molecule has 1 aliphatic carbocycles. The van der Waals surface area contributed by atoms with E-state index < -0.39 is 12.0 Å². The maximum absolute atomic E-state index is 11.8. The zero-order valence-electron chi connectivity index (χ0n) is 19.8. The molecule has 0 saturated heterocycles. The number of aromatic nitrogens is 4. The summed E-state index contributed by atoms with van der Waals surface area (Å²) < 4.78 is 11.9. The summed E-state index contributed by atoms with van der Waals surface area (Å²) >= 11 is 1.55. The predicted molar refractivity (Wildman–Crippen MR) is 138 cm³/mol. The third-order valence-corrected chi connectivity index (χ3v) is 7.45. The zero-order valence-corrected chi connectivity index (χ0v) is 20.6. The molecule has 3 heterocycles. The molecular weight excluding hydrogens is 480 g/mol. The Labute approximate surface area is 211 Å². The second-order valence-electron chi connectivity index (χ2n) is 8.50. The number of para-hydroxylation sites is 1. The van der Waals surface area contributed by atoms with Crippen LogP contribution in [-0.4, -0.2) is 64.3 Å². The molecule has 0 unspecified atom stereocenters. The van der Waals surface area contributed by atoms with Crippen LogP contribution in [0.4, 0.5) is 17.5 Å².